The zero-order chi connectivity index (χ0) is 38.1. The van der Waals surface area contributed by atoms with Gasteiger partial charge in [0.05, 0.1) is 0 Å². The number of unbranched alkanes of at least 4 members (excludes halogenated alkanes) is 23. The van der Waals surface area contributed by atoms with E-state index in [-0.39, 0.29) is 11.8 Å². The number of hydrogen-bond donors (Lipinski definition) is 7. The molecule has 0 aliphatic rings. The summed E-state index contributed by atoms with van der Waals surface area (Å²) in [6, 6.07) is -0.716. The average Bonchev–Trinajstić information content (AvgIpc) is 3.05. The molecule has 0 radical (unpaired) electrons. The van der Waals surface area contributed by atoms with Crippen molar-refractivity contribution in [3.63, 3.8) is 0 Å². The summed E-state index contributed by atoms with van der Waals surface area (Å²) in [4.78, 5) is 51.8. The monoisotopic (exact) mass is 717 g/mol. The molecule has 0 rings (SSSR count). The molecule has 2 amide bonds. The highest BCUT2D eigenvalue weighted by molar-refractivity contribution is 5.74. The molecule has 0 unspecified atom stereocenters. The van der Waals surface area contributed by atoms with Gasteiger partial charge in [0, 0.05) is 25.7 Å². The molecule has 0 aliphatic heterocycles. The second-order valence-electron chi connectivity index (χ2n) is 13.4. The average molecular weight is 717 g/mol. The Bertz CT molecular complexity index is 710. The first-order chi connectivity index (χ1) is 23.9. The van der Waals surface area contributed by atoms with E-state index in [2.05, 4.69) is 0 Å². The zero-order valence-corrected chi connectivity index (χ0v) is 31.4. The number of aliphatic carboxylic acids is 3. The van der Waals surface area contributed by atoms with Crippen molar-refractivity contribution in [3.8, 4) is 0 Å². The smallest absolute Gasteiger partial charge is 0.320 e. The first-order valence-corrected chi connectivity index (χ1v) is 19.6. The molecule has 0 aromatic carbocycles. The van der Waals surface area contributed by atoms with Crippen LogP contribution in [0.3, 0.4) is 0 Å². The van der Waals surface area contributed by atoms with E-state index in [0.717, 1.165) is 64.2 Å². The van der Waals surface area contributed by atoms with Crippen LogP contribution in [-0.4, -0.2) is 57.6 Å². The first-order valence-electron chi connectivity index (χ1n) is 19.6. The van der Waals surface area contributed by atoms with Crippen molar-refractivity contribution in [2.24, 2.45) is 22.9 Å². The van der Waals surface area contributed by atoms with Crippen LogP contribution in [0.25, 0.3) is 0 Å². The van der Waals surface area contributed by atoms with Crippen LogP contribution in [-0.2, 0) is 24.0 Å². The van der Waals surface area contributed by atoms with Gasteiger partial charge in [0.15, 0.2) is 0 Å². The molecule has 12 nitrogen and oxygen atoms in total. The van der Waals surface area contributed by atoms with Crippen LogP contribution in [0.2, 0.25) is 0 Å². The minimum Gasteiger partial charge on any atom is -0.481 e. The van der Waals surface area contributed by atoms with Crippen LogP contribution in [0.5, 0.6) is 0 Å². The Morgan fingerprint density at radius 3 is 0.820 bits per heavy atom. The minimum atomic E-state index is -0.933. The van der Waals surface area contributed by atoms with Gasteiger partial charge in [-0.05, 0) is 45.1 Å². The SMILES string of the molecule is NC(=O)CCCCCCCCCCCCCCC(=O)O.NC(=O)CCCCCCCCCCCCCCC(=O)O.NCCCC[C@H](N)C(=O)O. The fourth-order valence-corrected chi connectivity index (χ4v) is 5.32. The van der Waals surface area contributed by atoms with E-state index in [1.165, 1.54) is 103 Å². The third-order valence-electron chi connectivity index (χ3n) is 8.41. The van der Waals surface area contributed by atoms with Gasteiger partial charge in [-0.25, -0.2) is 0 Å². The third kappa shape index (κ3) is 54.7. The number of carboxylic acids is 3. The van der Waals surface area contributed by atoms with Crippen LogP contribution < -0.4 is 22.9 Å². The Hall–Kier alpha value is -2.73. The molecule has 12 heteroatoms. The second kappa shape index (κ2) is 42.4. The van der Waals surface area contributed by atoms with E-state index in [1.807, 2.05) is 0 Å². The van der Waals surface area contributed by atoms with Crippen molar-refractivity contribution in [2.75, 3.05) is 6.54 Å². The molecule has 1 atom stereocenters. The lowest BCUT2D eigenvalue weighted by atomic mass is 10.0. The van der Waals surface area contributed by atoms with Gasteiger partial charge in [0.1, 0.15) is 6.04 Å². The molecule has 50 heavy (non-hydrogen) atoms. The first kappa shape index (κ1) is 51.6. The Kier molecular flexibility index (Phi) is 43.8. The van der Waals surface area contributed by atoms with Crippen LogP contribution in [0, 0.1) is 0 Å². The van der Waals surface area contributed by atoms with Crippen LogP contribution in [0.4, 0.5) is 0 Å². The summed E-state index contributed by atoms with van der Waals surface area (Å²) < 4.78 is 0. The Balaban J connectivity index is -0.000000701. The third-order valence-corrected chi connectivity index (χ3v) is 8.41. The van der Waals surface area contributed by atoms with Crippen molar-refractivity contribution < 1.29 is 39.3 Å². The van der Waals surface area contributed by atoms with Crippen molar-refractivity contribution in [1.82, 2.24) is 0 Å². The van der Waals surface area contributed by atoms with Crippen molar-refractivity contribution in [3.05, 3.63) is 0 Å². The predicted octanol–water partition coefficient (Wildman–Crippen LogP) is 7.56. The maximum absolute atomic E-state index is 10.5. The highest BCUT2D eigenvalue weighted by Crippen LogP contribution is 2.14. The van der Waals surface area contributed by atoms with Gasteiger partial charge in [-0.2, -0.15) is 0 Å². The molecule has 0 saturated heterocycles. The van der Waals surface area contributed by atoms with Gasteiger partial charge < -0.3 is 38.3 Å². The van der Waals surface area contributed by atoms with Crippen LogP contribution in [0.15, 0.2) is 0 Å². The summed E-state index contributed by atoms with van der Waals surface area (Å²) in [6.45, 7) is 0.604. The Labute approximate surface area is 303 Å². The van der Waals surface area contributed by atoms with E-state index in [1.54, 1.807) is 0 Å². The topological polar surface area (TPSA) is 250 Å². The van der Waals surface area contributed by atoms with Gasteiger partial charge in [-0.1, -0.05) is 135 Å². The number of primary amides is 2. The Morgan fingerprint density at radius 1 is 0.380 bits per heavy atom. The summed E-state index contributed by atoms with van der Waals surface area (Å²) in [5.41, 5.74) is 20.6. The normalized spacial score (nSPS) is 11.1. The number of hydrogen-bond acceptors (Lipinski definition) is 7. The fraction of sp³-hybridized carbons (Fsp3) is 0.868. The molecule has 11 N–H and O–H groups in total. The minimum absolute atomic E-state index is 0.187. The molecule has 0 aliphatic carbocycles. The molecule has 0 heterocycles. The molecule has 296 valence electrons. The molecule has 0 saturated carbocycles. The number of carbonyl (C=O) groups excluding carboxylic acids is 2. The van der Waals surface area contributed by atoms with E-state index in [9.17, 15) is 24.0 Å². The van der Waals surface area contributed by atoms with Crippen molar-refractivity contribution in [1.29, 1.82) is 0 Å². The quantitative estimate of drug-likeness (QED) is 0.0317. The number of carboxylic acid groups (broad SMARTS) is 3. The molecule has 0 fully saturated rings. The highest BCUT2D eigenvalue weighted by Gasteiger charge is 2.09. The molecule has 0 spiro atoms. The fourth-order valence-electron chi connectivity index (χ4n) is 5.32. The lowest BCUT2D eigenvalue weighted by Crippen LogP contribution is -2.29. The summed E-state index contributed by atoms with van der Waals surface area (Å²) in [5.74, 6) is -2.67. The standard InChI is InChI=1S/2C16H31NO3.C6H14N2O2/c2*17-15(18)13-11-9-7-5-3-1-2-4-6-8-10-12-14-16(19)20;7-4-2-1-3-5(8)6(9)10/h2*1-14H2,(H2,17,18)(H,19,20);5H,1-4,7-8H2,(H,9,10)/t;;5-/m..0/s1. The van der Waals surface area contributed by atoms with Crippen LogP contribution >= 0.6 is 0 Å². The summed E-state index contributed by atoms with van der Waals surface area (Å²) in [5, 5.41) is 25.3. The van der Waals surface area contributed by atoms with Crippen molar-refractivity contribution >= 4 is 29.7 Å². The second-order valence-corrected chi connectivity index (χ2v) is 13.4. The van der Waals surface area contributed by atoms with Gasteiger partial charge >= 0.3 is 17.9 Å². The van der Waals surface area contributed by atoms with E-state index < -0.39 is 23.9 Å². The number of carbonyl (C=O) groups is 5. The summed E-state index contributed by atoms with van der Waals surface area (Å²) >= 11 is 0. The lowest BCUT2D eigenvalue weighted by molar-refractivity contribution is -0.139. The summed E-state index contributed by atoms with van der Waals surface area (Å²) in [7, 11) is 0. The summed E-state index contributed by atoms with van der Waals surface area (Å²) in [6.07, 6.45) is 31.7. The lowest BCUT2D eigenvalue weighted by Gasteiger charge is -2.03. The van der Waals surface area contributed by atoms with Gasteiger partial charge in [0.25, 0.3) is 0 Å². The molecular weight excluding hydrogens is 640 g/mol. The molecule has 0 aromatic heterocycles. The largest absolute Gasteiger partial charge is 0.481 e. The Morgan fingerprint density at radius 2 is 0.620 bits per heavy atom. The van der Waals surface area contributed by atoms with Crippen molar-refractivity contribution in [2.45, 2.75) is 205 Å². The number of nitrogens with two attached hydrogens (primary N) is 4. The highest BCUT2D eigenvalue weighted by atomic mass is 16.4. The van der Waals surface area contributed by atoms with Crippen LogP contribution in [0.1, 0.15) is 199 Å². The maximum Gasteiger partial charge on any atom is 0.320 e. The molecule has 0 bridgehead atoms. The van der Waals surface area contributed by atoms with E-state index >= 15 is 0 Å². The van der Waals surface area contributed by atoms with Gasteiger partial charge in [0.2, 0.25) is 11.8 Å². The molecular formula is C38H76N4O8. The van der Waals surface area contributed by atoms with E-state index in [0.29, 0.717) is 38.6 Å². The van der Waals surface area contributed by atoms with Gasteiger partial charge in [-0.3, -0.25) is 24.0 Å². The predicted molar refractivity (Wildman–Crippen MR) is 201 cm³/mol. The van der Waals surface area contributed by atoms with E-state index in [4.69, 9.17) is 38.3 Å². The maximum atomic E-state index is 10.5. The number of rotatable bonds is 35. The molecule has 0 aromatic rings. The zero-order valence-electron chi connectivity index (χ0n) is 31.4. The van der Waals surface area contributed by atoms with Gasteiger partial charge in [-0.15, -0.1) is 0 Å². The number of amides is 2.